The first-order valence-electron chi connectivity index (χ1n) is 9.95. The van der Waals surface area contributed by atoms with Crippen LogP contribution in [-0.2, 0) is 12.8 Å². The molecule has 1 N–H and O–H groups in total. The average molecular weight is 390 g/mol. The fraction of sp³-hybridized carbons (Fsp3) is 0.292. The van der Waals surface area contributed by atoms with E-state index in [4.69, 9.17) is 4.74 Å². The van der Waals surface area contributed by atoms with Crippen molar-refractivity contribution in [1.29, 1.82) is 0 Å². The molecule has 0 radical (unpaired) electrons. The van der Waals surface area contributed by atoms with Crippen LogP contribution in [0.4, 0.5) is 0 Å². The molecular formula is C24H26N2O3. The third kappa shape index (κ3) is 5.41. The maximum absolute atomic E-state index is 11.7. The molecule has 3 rings (SSSR count). The van der Waals surface area contributed by atoms with E-state index in [1.165, 1.54) is 11.1 Å². The monoisotopic (exact) mass is 390 g/mol. The molecular weight excluding hydrogens is 364 g/mol. The van der Waals surface area contributed by atoms with Gasteiger partial charge >= 0.3 is 5.97 Å². The molecule has 0 amide bonds. The number of ether oxygens (including phenoxy) is 1. The van der Waals surface area contributed by atoms with Gasteiger partial charge in [-0.1, -0.05) is 31.5 Å². The first-order chi connectivity index (χ1) is 14.1. The summed E-state index contributed by atoms with van der Waals surface area (Å²) in [5, 5.41) is 9.59. The molecule has 0 bridgehead atoms. The first-order valence-corrected chi connectivity index (χ1v) is 9.95. The van der Waals surface area contributed by atoms with Crippen LogP contribution in [0.25, 0.3) is 11.3 Å². The lowest BCUT2D eigenvalue weighted by Crippen LogP contribution is -2.09. The highest BCUT2D eigenvalue weighted by Crippen LogP contribution is 2.26. The zero-order chi connectivity index (χ0) is 20.6. The molecule has 0 saturated heterocycles. The molecule has 2 heterocycles. The second-order valence-corrected chi connectivity index (χ2v) is 7.01. The number of carboxylic acid groups (broad SMARTS) is 1. The second kappa shape index (κ2) is 9.82. The van der Waals surface area contributed by atoms with Gasteiger partial charge in [0.25, 0.3) is 0 Å². The van der Waals surface area contributed by atoms with E-state index in [0.29, 0.717) is 18.7 Å². The molecule has 29 heavy (non-hydrogen) atoms. The van der Waals surface area contributed by atoms with Crippen molar-refractivity contribution in [2.45, 2.75) is 39.5 Å². The minimum absolute atomic E-state index is 0.0729. The molecule has 5 heteroatoms. The number of unbranched alkanes of at least 4 members (excludes halogenated alkanes) is 1. The van der Waals surface area contributed by atoms with Crippen molar-refractivity contribution in [3.05, 3.63) is 77.2 Å². The predicted octanol–water partition coefficient (Wildman–Crippen LogP) is 5.11. The molecule has 0 aliphatic carbocycles. The predicted molar refractivity (Wildman–Crippen MR) is 113 cm³/mol. The number of carboxylic acids is 1. The number of aromatic carboxylic acids is 1. The Labute approximate surface area is 171 Å². The summed E-state index contributed by atoms with van der Waals surface area (Å²) >= 11 is 0. The van der Waals surface area contributed by atoms with E-state index in [2.05, 4.69) is 35.9 Å². The summed E-state index contributed by atoms with van der Waals surface area (Å²) in [6.45, 7) is 4.60. The summed E-state index contributed by atoms with van der Waals surface area (Å²) in [5.74, 6) is -0.829. The Morgan fingerprint density at radius 1 is 1.10 bits per heavy atom. The molecule has 0 fully saturated rings. The summed E-state index contributed by atoms with van der Waals surface area (Å²) in [6.07, 6.45) is 5.70. The van der Waals surface area contributed by atoms with E-state index < -0.39 is 5.97 Å². The molecule has 0 unspecified atom stereocenters. The first kappa shape index (κ1) is 20.5. The highest BCUT2D eigenvalue weighted by Gasteiger charge is 2.16. The third-order valence-electron chi connectivity index (χ3n) is 4.84. The maximum atomic E-state index is 11.7. The summed E-state index contributed by atoms with van der Waals surface area (Å²) < 4.78 is 5.70. The van der Waals surface area contributed by atoms with Crippen LogP contribution in [0.3, 0.4) is 0 Å². The lowest BCUT2D eigenvalue weighted by atomic mass is 9.99. The number of rotatable bonds is 9. The Balaban J connectivity index is 1.77. The van der Waals surface area contributed by atoms with E-state index in [9.17, 15) is 9.90 Å². The van der Waals surface area contributed by atoms with Crippen LogP contribution in [0.15, 0.2) is 54.7 Å². The van der Waals surface area contributed by atoms with Gasteiger partial charge in [0.15, 0.2) is 11.4 Å². The van der Waals surface area contributed by atoms with Crippen molar-refractivity contribution in [1.82, 2.24) is 9.97 Å². The van der Waals surface area contributed by atoms with Crippen LogP contribution >= 0.6 is 0 Å². The van der Waals surface area contributed by atoms with Crippen molar-refractivity contribution in [2.75, 3.05) is 6.61 Å². The van der Waals surface area contributed by atoms with Crippen LogP contribution < -0.4 is 4.74 Å². The smallest absolute Gasteiger partial charge is 0.358 e. The van der Waals surface area contributed by atoms with Gasteiger partial charge in [-0.2, -0.15) is 0 Å². The summed E-state index contributed by atoms with van der Waals surface area (Å²) in [7, 11) is 0. The number of hydrogen-bond acceptors (Lipinski definition) is 4. The number of nitrogens with zero attached hydrogens (tertiary/aromatic N) is 2. The number of aromatic nitrogens is 2. The normalized spacial score (nSPS) is 10.7. The van der Waals surface area contributed by atoms with Crippen molar-refractivity contribution < 1.29 is 14.6 Å². The van der Waals surface area contributed by atoms with Gasteiger partial charge in [0.05, 0.1) is 12.3 Å². The fourth-order valence-electron chi connectivity index (χ4n) is 3.19. The average Bonchev–Trinajstić information content (AvgIpc) is 2.73. The van der Waals surface area contributed by atoms with E-state index in [1.807, 2.05) is 30.3 Å². The molecule has 0 aliphatic heterocycles. The van der Waals surface area contributed by atoms with E-state index in [-0.39, 0.29) is 11.4 Å². The van der Waals surface area contributed by atoms with Crippen LogP contribution in [0, 0.1) is 6.92 Å². The van der Waals surface area contributed by atoms with Gasteiger partial charge in [-0.25, -0.2) is 9.78 Å². The van der Waals surface area contributed by atoms with Crippen LogP contribution in [0.1, 0.15) is 47.1 Å². The minimum Gasteiger partial charge on any atom is -0.491 e. The van der Waals surface area contributed by atoms with Gasteiger partial charge in [-0.3, -0.25) is 4.98 Å². The second-order valence-electron chi connectivity index (χ2n) is 7.01. The molecule has 0 atom stereocenters. The third-order valence-corrected chi connectivity index (χ3v) is 4.84. The van der Waals surface area contributed by atoms with Gasteiger partial charge in [0.2, 0.25) is 0 Å². The van der Waals surface area contributed by atoms with E-state index in [0.717, 1.165) is 30.5 Å². The molecule has 1 aromatic carbocycles. The topological polar surface area (TPSA) is 72.3 Å². The van der Waals surface area contributed by atoms with Crippen molar-refractivity contribution in [3.8, 4) is 17.0 Å². The van der Waals surface area contributed by atoms with Crippen molar-refractivity contribution >= 4 is 5.97 Å². The Morgan fingerprint density at radius 2 is 1.97 bits per heavy atom. The Kier molecular flexibility index (Phi) is 6.95. The minimum atomic E-state index is -1.10. The molecule has 2 aromatic heterocycles. The summed E-state index contributed by atoms with van der Waals surface area (Å²) in [4.78, 5) is 20.3. The number of pyridine rings is 2. The molecule has 0 aliphatic rings. The highest BCUT2D eigenvalue weighted by molar-refractivity contribution is 5.89. The number of carbonyl (C=O) groups is 1. The molecule has 5 nitrogen and oxygen atoms in total. The number of hydrogen-bond donors (Lipinski definition) is 1. The largest absolute Gasteiger partial charge is 0.491 e. The highest BCUT2D eigenvalue weighted by atomic mass is 16.5. The quantitative estimate of drug-likeness (QED) is 0.549. The van der Waals surface area contributed by atoms with Gasteiger partial charge < -0.3 is 9.84 Å². The van der Waals surface area contributed by atoms with Gasteiger partial charge in [0, 0.05) is 23.9 Å². The zero-order valence-corrected chi connectivity index (χ0v) is 16.9. The lowest BCUT2D eigenvalue weighted by Gasteiger charge is -2.12. The summed E-state index contributed by atoms with van der Waals surface area (Å²) in [5.41, 5.74) is 4.88. The standard InChI is InChI=1S/C24H26N2O3/c1-3-4-7-18-9-10-19(16-17(18)2)21-11-12-22(23(26-21)24(27)28)29-15-13-20-8-5-6-14-25-20/h5-6,8-12,14,16H,3-4,7,13,15H2,1-2H3,(H,27,28). The molecule has 150 valence electrons. The summed E-state index contributed by atoms with van der Waals surface area (Å²) in [6, 6.07) is 15.4. The molecule has 0 spiro atoms. The van der Waals surface area contributed by atoms with Crippen molar-refractivity contribution in [2.24, 2.45) is 0 Å². The van der Waals surface area contributed by atoms with E-state index in [1.54, 1.807) is 12.3 Å². The van der Waals surface area contributed by atoms with Crippen LogP contribution in [0.5, 0.6) is 5.75 Å². The molecule has 0 saturated carbocycles. The van der Waals surface area contributed by atoms with E-state index >= 15 is 0 Å². The molecule has 3 aromatic rings. The lowest BCUT2D eigenvalue weighted by molar-refractivity contribution is 0.0685. The Morgan fingerprint density at radius 3 is 2.66 bits per heavy atom. The zero-order valence-electron chi connectivity index (χ0n) is 16.9. The van der Waals surface area contributed by atoms with Crippen LogP contribution in [-0.4, -0.2) is 27.7 Å². The Bertz CT molecular complexity index is 971. The van der Waals surface area contributed by atoms with Gasteiger partial charge in [-0.05, 0) is 61.2 Å². The van der Waals surface area contributed by atoms with Crippen LogP contribution in [0.2, 0.25) is 0 Å². The number of benzene rings is 1. The maximum Gasteiger partial charge on any atom is 0.358 e. The fourth-order valence-corrected chi connectivity index (χ4v) is 3.19. The SMILES string of the molecule is CCCCc1ccc(-c2ccc(OCCc3ccccn3)c(C(=O)O)n2)cc1C. The number of aryl methyl sites for hydroxylation is 2. The van der Waals surface area contributed by atoms with Gasteiger partial charge in [0.1, 0.15) is 0 Å². The van der Waals surface area contributed by atoms with Gasteiger partial charge in [-0.15, -0.1) is 0 Å². The Hall–Kier alpha value is -3.21. The van der Waals surface area contributed by atoms with Crippen molar-refractivity contribution in [3.63, 3.8) is 0 Å².